The number of nitrogens with zero attached hydrogens (tertiary/aromatic N) is 1. The maximum absolute atomic E-state index is 5.21. The first-order valence-corrected chi connectivity index (χ1v) is 7.31. The SMILES string of the molecule is Cc1ccccc1C1(CNCc2c(C)noc2C)CC1. The third kappa shape index (κ3) is 2.38. The van der Waals surface area contributed by atoms with Crippen molar-refractivity contribution in [3.05, 3.63) is 52.4 Å². The molecule has 20 heavy (non-hydrogen) atoms. The predicted octanol–water partition coefficient (Wildman–Crippen LogP) is 3.42. The molecule has 0 bridgehead atoms. The van der Waals surface area contributed by atoms with E-state index < -0.39 is 0 Å². The zero-order valence-electron chi connectivity index (χ0n) is 12.5. The second-order valence-corrected chi connectivity index (χ2v) is 6.00. The van der Waals surface area contributed by atoms with Gasteiger partial charge in [-0.15, -0.1) is 0 Å². The van der Waals surface area contributed by atoms with Gasteiger partial charge in [0.15, 0.2) is 0 Å². The zero-order chi connectivity index (χ0) is 14.2. The molecule has 1 aliphatic carbocycles. The molecule has 3 heteroatoms. The van der Waals surface area contributed by atoms with Gasteiger partial charge in [0.2, 0.25) is 0 Å². The van der Waals surface area contributed by atoms with Crippen molar-refractivity contribution in [2.45, 2.75) is 45.6 Å². The van der Waals surface area contributed by atoms with E-state index in [-0.39, 0.29) is 0 Å². The van der Waals surface area contributed by atoms with Crippen molar-refractivity contribution >= 4 is 0 Å². The van der Waals surface area contributed by atoms with Crippen molar-refractivity contribution in [2.75, 3.05) is 6.54 Å². The molecule has 1 saturated carbocycles. The zero-order valence-corrected chi connectivity index (χ0v) is 12.5. The van der Waals surface area contributed by atoms with Crippen LogP contribution >= 0.6 is 0 Å². The van der Waals surface area contributed by atoms with Crippen LogP contribution in [0.3, 0.4) is 0 Å². The Morgan fingerprint density at radius 1 is 1.20 bits per heavy atom. The van der Waals surface area contributed by atoms with Gasteiger partial charge in [0.25, 0.3) is 0 Å². The predicted molar refractivity (Wildman–Crippen MR) is 79.8 cm³/mol. The molecular formula is C17H22N2O. The van der Waals surface area contributed by atoms with E-state index in [4.69, 9.17) is 4.52 Å². The van der Waals surface area contributed by atoms with Crippen LogP contribution < -0.4 is 5.32 Å². The van der Waals surface area contributed by atoms with Crippen LogP contribution in [-0.2, 0) is 12.0 Å². The fraction of sp³-hybridized carbons (Fsp3) is 0.471. The lowest BCUT2D eigenvalue weighted by molar-refractivity contribution is 0.391. The highest BCUT2D eigenvalue weighted by atomic mass is 16.5. The lowest BCUT2D eigenvalue weighted by Gasteiger charge is -2.19. The van der Waals surface area contributed by atoms with Crippen molar-refractivity contribution in [1.29, 1.82) is 0 Å². The molecule has 1 aromatic heterocycles. The lowest BCUT2D eigenvalue weighted by atomic mass is 9.92. The molecule has 3 nitrogen and oxygen atoms in total. The monoisotopic (exact) mass is 270 g/mol. The highest BCUT2D eigenvalue weighted by molar-refractivity contribution is 5.38. The standard InChI is InChI=1S/C17H22N2O/c1-12-6-4-5-7-16(12)17(8-9-17)11-18-10-15-13(2)19-20-14(15)3/h4-7,18H,8-11H2,1-3H3. The molecule has 3 rings (SSSR count). The average Bonchev–Trinajstić information content (AvgIpc) is 3.15. The van der Waals surface area contributed by atoms with Gasteiger partial charge in [-0.1, -0.05) is 29.4 Å². The summed E-state index contributed by atoms with van der Waals surface area (Å²) >= 11 is 0. The Kier molecular flexibility index (Phi) is 3.38. The van der Waals surface area contributed by atoms with E-state index in [2.05, 4.69) is 41.7 Å². The first-order valence-electron chi connectivity index (χ1n) is 7.31. The van der Waals surface area contributed by atoms with Crippen molar-refractivity contribution < 1.29 is 4.52 Å². The second kappa shape index (κ2) is 5.06. The molecule has 2 aromatic rings. The maximum atomic E-state index is 5.21. The first kappa shape index (κ1) is 13.4. The Morgan fingerprint density at radius 2 is 1.95 bits per heavy atom. The molecule has 0 amide bonds. The molecule has 0 saturated heterocycles. The van der Waals surface area contributed by atoms with Crippen LogP contribution in [0.4, 0.5) is 0 Å². The molecule has 1 aromatic carbocycles. The van der Waals surface area contributed by atoms with E-state index in [1.54, 1.807) is 0 Å². The Labute approximate surface area is 120 Å². The van der Waals surface area contributed by atoms with Crippen LogP contribution in [0.1, 0.15) is 41.0 Å². The van der Waals surface area contributed by atoms with E-state index in [1.807, 2.05) is 13.8 Å². The molecular weight excluding hydrogens is 248 g/mol. The molecule has 0 atom stereocenters. The molecule has 0 radical (unpaired) electrons. The van der Waals surface area contributed by atoms with Gasteiger partial charge in [-0.3, -0.25) is 0 Å². The summed E-state index contributed by atoms with van der Waals surface area (Å²) in [7, 11) is 0. The van der Waals surface area contributed by atoms with E-state index in [0.29, 0.717) is 5.41 Å². The summed E-state index contributed by atoms with van der Waals surface area (Å²) in [6.07, 6.45) is 2.57. The fourth-order valence-corrected chi connectivity index (χ4v) is 3.04. The normalized spacial score (nSPS) is 16.4. The van der Waals surface area contributed by atoms with Gasteiger partial charge >= 0.3 is 0 Å². The summed E-state index contributed by atoms with van der Waals surface area (Å²) in [5.74, 6) is 0.927. The topological polar surface area (TPSA) is 38.1 Å². The molecule has 0 aliphatic heterocycles. The molecule has 1 heterocycles. The van der Waals surface area contributed by atoms with Crippen molar-refractivity contribution in [3.8, 4) is 0 Å². The number of rotatable bonds is 5. The van der Waals surface area contributed by atoms with Gasteiger partial charge in [0, 0.05) is 24.1 Å². The molecule has 1 fully saturated rings. The minimum absolute atomic E-state index is 0.352. The Hall–Kier alpha value is -1.61. The minimum Gasteiger partial charge on any atom is -0.361 e. The highest BCUT2D eigenvalue weighted by Crippen LogP contribution is 2.48. The van der Waals surface area contributed by atoms with Crippen LogP contribution in [0, 0.1) is 20.8 Å². The van der Waals surface area contributed by atoms with Crippen LogP contribution in [-0.4, -0.2) is 11.7 Å². The van der Waals surface area contributed by atoms with Gasteiger partial charge < -0.3 is 9.84 Å². The van der Waals surface area contributed by atoms with Crippen LogP contribution in [0.25, 0.3) is 0 Å². The van der Waals surface area contributed by atoms with Gasteiger partial charge in [-0.25, -0.2) is 0 Å². The number of hydrogen-bond acceptors (Lipinski definition) is 3. The van der Waals surface area contributed by atoms with Gasteiger partial charge in [-0.05, 0) is 44.7 Å². The second-order valence-electron chi connectivity index (χ2n) is 6.00. The Bertz CT molecular complexity index is 592. The summed E-state index contributed by atoms with van der Waals surface area (Å²) in [6, 6.07) is 8.76. The fourth-order valence-electron chi connectivity index (χ4n) is 3.04. The number of benzene rings is 1. The third-order valence-corrected chi connectivity index (χ3v) is 4.52. The van der Waals surface area contributed by atoms with Gasteiger partial charge in [0.05, 0.1) is 5.69 Å². The third-order valence-electron chi connectivity index (χ3n) is 4.52. The van der Waals surface area contributed by atoms with Crippen LogP contribution in [0.5, 0.6) is 0 Å². The van der Waals surface area contributed by atoms with Crippen molar-refractivity contribution in [2.24, 2.45) is 0 Å². The number of aromatic nitrogens is 1. The average molecular weight is 270 g/mol. The first-order chi connectivity index (χ1) is 9.62. The smallest absolute Gasteiger partial charge is 0.138 e. The number of aryl methyl sites for hydroxylation is 3. The van der Waals surface area contributed by atoms with Crippen LogP contribution in [0.2, 0.25) is 0 Å². The van der Waals surface area contributed by atoms with E-state index >= 15 is 0 Å². The summed E-state index contributed by atoms with van der Waals surface area (Å²) in [5, 5.41) is 7.60. The van der Waals surface area contributed by atoms with Crippen molar-refractivity contribution in [1.82, 2.24) is 10.5 Å². The van der Waals surface area contributed by atoms with E-state index in [9.17, 15) is 0 Å². The van der Waals surface area contributed by atoms with Crippen molar-refractivity contribution in [3.63, 3.8) is 0 Å². The maximum Gasteiger partial charge on any atom is 0.138 e. The number of hydrogen-bond donors (Lipinski definition) is 1. The summed E-state index contributed by atoms with van der Waals surface area (Å²) in [6.45, 7) is 8.06. The molecule has 1 N–H and O–H groups in total. The number of nitrogens with one attached hydrogen (secondary N) is 1. The summed E-state index contributed by atoms with van der Waals surface area (Å²) in [5.41, 5.74) is 5.46. The van der Waals surface area contributed by atoms with E-state index in [1.165, 1.54) is 29.5 Å². The Morgan fingerprint density at radius 3 is 2.55 bits per heavy atom. The van der Waals surface area contributed by atoms with Gasteiger partial charge in [-0.2, -0.15) is 0 Å². The van der Waals surface area contributed by atoms with E-state index in [0.717, 1.165) is 24.5 Å². The molecule has 0 unspecified atom stereocenters. The molecule has 1 aliphatic rings. The summed E-state index contributed by atoms with van der Waals surface area (Å²) < 4.78 is 5.21. The largest absolute Gasteiger partial charge is 0.361 e. The van der Waals surface area contributed by atoms with Crippen LogP contribution in [0.15, 0.2) is 28.8 Å². The molecule has 106 valence electrons. The quantitative estimate of drug-likeness (QED) is 0.904. The Balaban J connectivity index is 1.66. The molecule has 0 spiro atoms. The lowest BCUT2D eigenvalue weighted by Crippen LogP contribution is -2.27. The highest BCUT2D eigenvalue weighted by Gasteiger charge is 2.44. The summed E-state index contributed by atoms with van der Waals surface area (Å²) in [4.78, 5) is 0. The van der Waals surface area contributed by atoms with Gasteiger partial charge in [0.1, 0.15) is 5.76 Å². The minimum atomic E-state index is 0.352.